The molecule has 0 atom stereocenters. The summed E-state index contributed by atoms with van der Waals surface area (Å²) in [5, 5.41) is 2.24. The van der Waals surface area contributed by atoms with Crippen molar-refractivity contribution in [2.75, 3.05) is 12.3 Å². The predicted molar refractivity (Wildman–Crippen MR) is 70.7 cm³/mol. The fourth-order valence-corrected chi connectivity index (χ4v) is 1.86. The highest BCUT2D eigenvalue weighted by atomic mass is 32.1. The van der Waals surface area contributed by atoms with Gasteiger partial charge in [-0.05, 0) is 12.8 Å². The Morgan fingerprint density at radius 1 is 1.59 bits per heavy atom. The molecule has 17 heavy (non-hydrogen) atoms. The largest absolute Gasteiger partial charge is 0.462 e. The lowest BCUT2D eigenvalue weighted by Crippen LogP contribution is -2.08. The van der Waals surface area contributed by atoms with Crippen LogP contribution < -0.4 is 5.73 Å². The van der Waals surface area contributed by atoms with Gasteiger partial charge in [-0.25, -0.2) is 9.78 Å². The molecule has 94 valence electrons. The summed E-state index contributed by atoms with van der Waals surface area (Å²) in [6.07, 6.45) is 4.46. The molecule has 0 aromatic carbocycles. The first-order valence-electron chi connectivity index (χ1n) is 5.77. The number of hydrogen-bond acceptors (Lipinski definition) is 5. The molecule has 0 aliphatic heterocycles. The summed E-state index contributed by atoms with van der Waals surface area (Å²) in [5.74, 6) is -0.314. The maximum absolute atomic E-state index is 11.9. The number of nitrogen functional groups attached to an aromatic ring is 1. The SMILES string of the molecule is CC/C=C(\C(=O)OCCCC)c1csc(N)n1. The number of thiazole rings is 1. The van der Waals surface area contributed by atoms with Crippen molar-refractivity contribution in [1.82, 2.24) is 4.98 Å². The number of allylic oxidation sites excluding steroid dienone is 1. The second kappa shape index (κ2) is 7.06. The lowest BCUT2D eigenvalue weighted by Gasteiger charge is -2.05. The fraction of sp³-hybridized carbons (Fsp3) is 0.500. The first-order chi connectivity index (χ1) is 8.19. The number of ether oxygens (including phenoxy) is 1. The molecule has 0 amide bonds. The number of anilines is 1. The molecule has 4 nitrogen and oxygen atoms in total. The molecular weight excluding hydrogens is 236 g/mol. The molecule has 0 bridgehead atoms. The van der Waals surface area contributed by atoms with E-state index in [1.165, 1.54) is 11.3 Å². The van der Waals surface area contributed by atoms with E-state index in [-0.39, 0.29) is 5.97 Å². The Morgan fingerprint density at radius 2 is 2.35 bits per heavy atom. The molecule has 0 aliphatic carbocycles. The van der Waals surface area contributed by atoms with Gasteiger partial charge in [0.05, 0.1) is 17.9 Å². The van der Waals surface area contributed by atoms with Crippen molar-refractivity contribution in [3.8, 4) is 0 Å². The average Bonchev–Trinajstić information content (AvgIpc) is 2.72. The fourth-order valence-electron chi connectivity index (χ4n) is 1.29. The molecule has 1 heterocycles. The van der Waals surface area contributed by atoms with Gasteiger partial charge in [0.15, 0.2) is 5.13 Å². The van der Waals surface area contributed by atoms with Gasteiger partial charge in [-0.3, -0.25) is 0 Å². The molecule has 0 aliphatic rings. The summed E-state index contributed by atoms with van der Waals surface area (Å²) in [4.78, 5) is 16.0. The van der Waals surface area contributed by atoms with Crippen molar-refractivity contribution >= 4 is 28.0 Å². The van der Waals surface area contributed by atoms with E-state index in [1.807, 2.05) is 13.0 Å². The Kier molecular flexibility index (Phi) is 5.69. The normalized spacial score (nSPS) is 11.5. The molecule has 1 aromatic heterocycles. The van der Waals surface area contributed by atoms with Gasteiger partial charge in [-0.2, -0.15) is 0 Å². The van der Waals surface area contributed by atoms with Gasteiger partial charge in [0.2, 0.25) is 0 Å². The minimum absolute atomic E-state index is 0.314. The molecule has 0 saturated carbocycles. The number of carbonyl (C=O) groups is 1. The number of aromatic nitrogens is 1. The molecule has 2 N–H and O–H groups in total. The Hall–Kier alpha value is -1.36. The first kappa shape index (κ1) is 13.7. The van der Waals surface area contributed by atoms with Gasteiger partial charge < -0.3 is 10.5 Å². The van der Waals surface area contributed by atoms with E-state index in [2.05, 4.69) is 11.9 Å². The minimum Gasteiger partial charge on any atom is -0.462 e. The van der Waals surface area contributed by atoms with Crippen molar-refractivity contribution in [2.24, 2.45) is 0 Å². The van der Waals surface area contributed by atoms with E-state index in [1.54, 1.807) is 5.38 Å². The van der Waals surface area contributed by atoms with Crippen LogP contribution >= 0.6 is 11.3 Å². The maximum atomic E-state index is 11.9. The number of esters is 1. The monoisotopic (exact) mass is 254 g/mol. The molecular formula is C12H18N2O2S. The van der Waals surface area contributed by atoms with E-state index in [9.17, 15) is 4.79 Å². The standard InChI is InChI=1S/C12H18N2O2S/c1-3-5-7-16-11(15)9(6-4-2)10-8-17-12(13)14-10/h6,8H,3-5,7H2,1-2H3,(H2,13,14)/b9-6-. The van der Waals surface area contributed by atoms with Crippen molar-refractivity contribution in [3.05, 3.63) is 17.2 Å². The van der Waals surface area contributed by atoms with Gasteiger partial charge in [0.25, 0.3) is 0 Å². The zero-order valence-corrected chi connectivity index (χ0v) is 11.0. The Balaban J connectivity index is 2.73. The Bertz CT molecular complexity index is 399. The lowest BCUT2D eigenvalue weighted by atomic mass is 10.2. The van der Waals surface area contributed by atoms with Crippen LogP contribution in [0.3, 0.4) is 0 Å². The smallest absolute Gasteiger partial charge is 0.340 e. The van der Waals surface area contributed by atoms with E-state index < -0.39 is 0 Å². The number of nitrogens with two attached hydrogens (primary N) is 1. The van der Waals surface area contributed by atoms with Crippen molar-refractivity contribution in [3.63, 3.8) is 0 Å². The predicted octanol–water partition coefficient (Wildman–Crippen LogP) is 2.86. The molecule has 1 aromatic rings. The quantitative estimate of drug-likeness (QED) is 0.481. The summed E-state index contributed by atoms with van der Waals surface area (Å²) in [7, 11) is 0. The third-order valence-electron chi connectivity index (χ3n) is 2.16. The van der Waals surface area contributed by atoms with Crippen molar-refractivity contribution in [1.29, 1.82) is 0 Å². The molecule has 0 saturated heterocycles. The van der Waals surface area contributed by atoms with E-state index in [0.29, 0.717) is 23.0 Å². The van der Waals surface area contributed by atoms with Crippen LogP contribution in [0.2, 0.25) is 0 Å². The van der Waals surface area contributed by atoms with Crippen molar-refractivity contribution in [2.45, 2.75) is 33.1 Å². The first-order valence-corrected chi connectivity index (χ1v) is 6.65. The second-order valence-corrected chi connectivity index (χ2v) is 4.48. The molecule has 0 radical (unpaired) electrons. The summed E-state index contributed by atoms with van der Waals surface area (Å²) in [6, 6.07) is 0. The highest BCUT2D eigenvalue weighted by Crippen LogP contribution is 2.21. The number of nitrogens with zero attached hydrogens (tertiary/aromatic N) is 1. The van der Waals surface area contributed by atoms with Crippen LogP contribution in [-0.2, 0) is 9.53 Å². The van der Waals surface area contributed by atoms with Crippen molar-refractivity contribution < 1.29 is 9.53 Å². The van der Waals surface area contributed by atoms with Gasteiger partial charge in [-0.1, -0.05) is 26.3 Å². The van der Waals surface area contributed by atoms with Crippen LogP contribution in [0.4, 0.5) is 5.13 Å². The average molecular weight is 254 g/mol. The van der Waals surface area contributed by atoms with Crippen LogP contribution in [0, 0.1) is 0 Å². The third-order valence-corrected chi connectivity index (χ3v) is 2.83. The van der Waals surface area contributed by atoms with Crippen LogP contribution in [0.1, 0.15) is 38.8 Å². The summed E-state index contributed by atoms with van der Waals surface area (Å²) in [6.45, 7) is 4.48. The molecule has 0 spiro atoms. The summed E-state index contributed by atoms with van der Waals surface area (Å²) < 4.78 is 5.18. The maximum Gasteiger partial charge on any atom is 0.340 e. The zero-order chi connectivity index (χ0) is 12.7. The zero-order valence-electron chi connectivity index (χ0n) is 10.2. The second-order valence-electron chi connectivity index (χ2n) is 3.59. The highest BCUT2D eigenvalue weighted by molar-refractivity contribution is 7.13. The Morgan fingerprint density at radius 3 is 2.88 bits per heavy atom. The Labute approximate surface area is 106 Å². The topological polar surface area (TPSA) is 65.2 Å². The van der Waals surface area contributed by atoms with Gasteiger partial charge in [0, 0.05) is 5.38 Å². The van der Waals surface area contributed by atoms with Crippen LogP contribution in [0.5, 0.6) is 0 Å². The summed E-state index contributed by atoms with van der Waals surface area (Å²) >= 11 is 1.32. The number of hydrogen-bond donors (Lipinski definition) is 1. The van der Waals surface area contributed by atoms with E-state index >= 15 is 0 Å². The summed E-state index contributed by atoms with van der Waals surface area (Å²) in [5.41, 5.74) is 6.68. The van der Waals surface area contributed by atoms with Gasteiger partial charge in [-0.15, -0.1) is 11.3 Å². The number of rotatable bonds is 6. The van der Waals surface area contributed by atoms with E-state index in [4.69, 9.17) is 10.5 Å². The minimum atomic E-state index is -0.314. The molecule has 0 unspecified atom stereocenters. The van der Waals surface area contributed by atoms with E-state index in [0.717, 1.165) is 19.3 Å². The van der Waals surface area contributed by atoms with Crippen LogP contribution in [0.25, 0.3) is 5.57 Å². The molecule has 1 rings (SSSR count). The number of carbonyl (C=O) groups excluding carboxylic acids is 1. The molecule has 0 fully saturated rings. The van der Waals surface area contributed by atoms with Gasteiger partial charge >= 0.3 is 5.97 Å². The van der Waals surface area contributed by atoms with Gasteiger partial charge in [0.1, 0.15) is 0 Å². The number of unbranched alkanes of at least 4 members (excludes halogenated alkanes) is 1. The molecule has 5 heteroatoms. The lowest BCUT2D eigenvalue weighted by molar-refractivity contribution is -0.136. The third kappa shape index (κ3) is 4.19. The highest BCUT2D eigenvalue weighted by Gasteiger charge is 2.15. The van der Waals surface area contributed by atoms with Crippen LogP contribution in [0.15, 0.2) is 11.5 Å². The van der Waals surface area contributed by atoms with Crippen LogP contribution in [-0.4, -0.2) is 17.6 Å².